The second kappa shape index (κ2) is 5.12. The topological polar surface area (TPSA) is 72.3 Å². The highest BCUT2D eigenvalue weighted by atomic mass is 15.4. The predicted octanol–water partition coefficient (Wildman–Crippen LogP) is 3.66. The van der Waals surface area contributed by atoms with E-state index in [1.54, 1.807) is 0 Å². The number of benzene rings is 1. The molecule has 0 bridgehead atoms. The van der Waals surface area contributed by atoms with Crippen LogP contribution < -0.4 is 0 Å². The van der Waals surface area contributed by atoms with Crippen molar-refractivity contribution >= 4 is 22.1 Å². The van der Waals surface area contributed by atoms with Crippen LogP contribution in [0.3, 0.4) is 0 Å². The van der Waals surface area contributed by atoms with E-state index >= 15 is 0 Å². The lowest BCUT2D eigenvalue weighted by Gasteiger charge is -2.23. The van der Waals surface area contributed by atoms with Crippen molar-refractivity contribution in [2.75, 3.05) is 0 Å². The summed E-state index contributed by atoms with van der Waals surface area (Å²) in [7, 11) is 0. The number of hydrogen-bond acceptors (Lipinski definition) is 4. The third-order valence-electron chi connectivity index (χ3n) is 5.05. The van der Waals surface area contributed by atoms with Gasteiger partial charge in [0, 0.05) is 35.8 Å². The summed E-state index contributed by atoms with van der Waals surface area (Å²) in [5, 5.41) is 9.44. The van der Waals surface area contributed by atoms with E-state index in [1.807, 2.05) is 23.1 Å². The fraction of sp³-hybridized carbons (Fsp3) is 0.333. The first-order valence-corrected chi connectivity index (χ1v) is 8.51. The van der Waals surface area contributed by atoms with Gasteiger partial charge in [0.2, 0.25) is 0 Å². The maximum absolute atomic E-state index is 4.73. The Morgan fingerprint density at radius 2 is 2.21 bits per heavy atom. The minimum absolute atomic E-state index is 0.544. The summed E-state index contributed by atoms with van der Waals surface area (Å²) in [6.45, 7) is 2.88. The molecular weight excluding hydrogens is 300 g/mol. The number of nitrogens with one attached hydrogen (secondary N) is 1. The van der Waals surface area contributed by atoms with Crippen LogP contribution in [0.4, 0.5) is 0 Å². The molecule has 6 heteroatoms. The van der Waals surface area contributed by atoms with E-state index in [2.05, 4.69) is 39.3 Å². The van der Waals surface area contributed by atoms with Crippen LogP contribution in [0.2, 0.25) is 0 Å². The number of aromatic nitrogens is 6. The second-order valence-electron chi connectivity index (χ2n) is 6.43. The molecular formula is C18H18N6. The average molecular weight is 318 g/mol. The maximum Gasteiger partial charge on any atom is 0.141 e. The summed E-state index contributed by atoms with van der Waals surface area (Å²) in [5.41, 5.74) is 5.14. The van der Waals surface area contributed by atoms with Crippen molar-refractivity contribution in [2.45, 2.75) is 38.6 Å². The number of aryl methyl sites for hydroxylation is 1. The van der Waals surface area contributed by atoms with Crippen LogP contribution in [0.5, 0.6) is 0 Å². The summed E-state index contributed by atoms with van der Waals surface area (Å²) < 4.78 is 1.92. The molecule has 0 amide bonds. The van der Waals surface area contributed by atoms with Crippen LogP contribution >= 0.6 is 0 Å². The van der Waals surface area contributed by atoms with Crippen LogP contribution in [0.1, 0.15) is 37.9 Å². The van der Waals surface area contributed by atoms with E-state index in [1.165, 1.54) is 19.3 Å². The molecule has 120 valence electrons. The quantitative estimate of drug-likeness (QED) is 0.626. The Morgan fingerprint density at radius 3 is 3.00 bits per heavy atom. The first-order valence-electron chi connectivity index (χ1n) is 8.51. The van der Waals surface area contributed by atoms with Gasteiger partial charge in [-0.1, -0.05) is 17.7 Å². The van der Waals surface area contributed by atoms with E-state index in [9.17, 15) is 0 Å². The molecule has 0 spiro atoms. The third kappa shape index (κ3) is 1.95. The standard InChI is InChI=1S/C18H18N6/c1-2-24-16-8-12(6-7-15(16)22-23-24)13-9-20-18-14(13)10-19-17(21-18)11-4-3-5-11/h6-11H,2-5H2,1H3,(H,19,20,21). The molecule has 0 aliphatic heterocycles. The first kappa shape index (κ1) is 13.7. The van der Waals surface area contributed by atoms with Crippen molar-refractivity contribution in [3.63, 3.8) is 0 Å². The lowest BCUT2D eigenvalue weighted by Crippen LogP contribution is -2.12. The van der Waals surface area contributed by atoms with E-state index in [0.29, 0.717) is 5.92 Å². The lowest BCUT2D eigenvalue weighted by atomic mass is 9.85. The number of fused-ring (bicyclic) bond motifs is 2. The van der Waals surface area contributed by atoms with Crippen molar-refractivity contribution in [3.8, 4) is 11.1 Å². The first-order chi connectivity index (χ1) is 11.8. The maximum atomic E-state index is 4.73. The van der Waals surface area contributed by atoms with Gasteiger partial charge in [-0.2, -0.15) is 0 Å². The molecule has 1 aromatic carbocycles. The van der Waals surface area contributed by atoms with Crippen LogP contribution in [0.15, 0.2) is 30.6 Å². The van der Waals surface area contributed by atoms with E-state index < -0.39 is 0 Å². The van der Waals surface area contributed by atoms with E-state index in [-0.39, 0.29) is 0 Å². The molecule has 1 aliphatic rings. The number of aromatic amines is 1. The Kier molecular flexibility index (Phi) is 2.92. The van der Waals surface area contributed by atoms with Gasteiger partial charge in [0.15, 0.2) is 0 Å². The largest absolute Gasteiger partial charge is 0.345 e. The van der Waals surface area contributed by atoms with Crippen molar-refractivity contribution in [1.29, 1.82) is 0 Å². The van der Waals surface area contributed by atoms with Gasteiger partial charge in [-0.15, -0.1) is 5.10 Å². The zero-order chi connectivity index (χ0) is 16.1. The summed E-state index contributed by atoms with van der Waals surface area (Å²) in [5.74, 6) is 1.52. The second-order valence-corrected chi connectivity index (χ2v) is 6.43. The van der Waals surface area contributed by atoms with Gasteiger partial charge >= 0.3 is 0 Å². The highest BCUT2D eigenvalue weighted by Gasteiger charge is 2.23. The van der Waals surface area contributed by atoms with Crippen LogP contribution in [0, 0.1) is 0 Å². The molecule has 3 aromatic heterocycles. The SMILES string of the molecule is CCn1nnc2ccc(-c3c[nH]c4nc(C5CCC5)ncc34)cc21. The summed E-state index contributed by atoms with van der Waals surface area (Å²) >= 11 is 0. The van der Waals surface area contributed by atoms with Gasteiger partial charge in [0.25, 0.3) is 0 Å². The molecule has 6 nitrogen and oxygen atoms in total. The molecule has 0 unspecified atom stereocenters. The van der Waals surface area contributed by atoms with Crippen LogP contribution in [-0.4, -0.2) is 29.9 Å². The summed E-state index contributed by atoms with van der Waals surface area (Å²) in [4.78, 5) is 12.7. The van der Waals surface area contributed by atoms with Gasteiger partial charge in [-0.05, 0) is 37.5 Å². The van der Waals surface area contributed by atoms with E-state index in [4.69, 9.17) is 4.98 Å². The molecule has 0 atom stereocenters. The molecule has 1 aliphatic carbocycles. The van der Waals surface area contributed by atoms with Crippen molar-refractivity contribution in [2.24, 2.45) is 0 Å². The summed E-state index contributed by atoms with van der Waals surface area (Å²) in [6, 6.07) is 6.24. The van der Waals surface area contributed by atoms with Gasteiger partial charge in [-0.25, -0.2) is 14.6 Å². The van der Waals surface area contributed by atoms with Gasteiger partial charge in [-0.3, -0.25) is 0 Å². The molecule has 0 radical (unpaired) electrons. The van der Waals surface area contributed by atoms with Crippen molar-refractivity contribution in [3.05, 3.63) is 36.4 Å². The fourth-order valence-corrected chi connectivity index (χ4v) is 3.39. The van der Waals surface area contributed by atoms with Gasteiger partial charge in [0.1, 0.15) is 17.0 Å². The molecule has 1 saturated carbocycles. The Morgan fingerprint density at radius 1 is 1.29 bits per heavy atom. The lowest BCUT2D eigenvalue weighted by molar-refractivity contribution is 0.402. The zero-order valence-corrected chi connectivity index (χ0v) is 13.5. The zero-order valence-electron chi connectivity index (χ0n) is 13.5. The molecule has 3 heterocycles. The molecule has 0 saturated heterocycles. The molecule has 4 aromatic rings. The minimum atomic E-state index is 0.544. The number of H-pyrrole nitrogens is 1. The minimum Gasteiger partial charge on any atom is -0.345 e. The number of rotatable bonds is 3. The average Bonchev–Trinajstić information content (AvgIpc) is 3.15. The third-order valence-corrected chi connectivity index (χ3v) is 5.05. The van der Waals surface area contributed by atoms with Crippen LogP contribution in [0.25, 0.3) is 33.2 Å². The highest BCUT2D eigenvalue weighted by molar-refractivity contribution is 5.95. The van der Waals surface area contributed by atoms with Crippen LogP contribution in [-0.2, 0) is 6.54 Å². The Bertz CT molecular complexity index is 1040. The Balaban J connectivity index is 1.63. The molecule has 5 rings (SSSR count). The summed E-state index contributed by atoms with van der Waals surface area (Å²) in [6.07, 6.45) is 7.70. The normalized spacial score (nSPS) is 15.2. The predicted molar refractivity (Wildman–Crippen MR) is 92.7 cm³/mol. The number of hydrogen-bond donors (Lipinski definition) is 1. The molecule has 24 heavy (non-hydrogen) atoms. The Labute approximate surface area is 138 Å². The van der Waals surface area contributed by atoms with Crippen molar-refractivity contribution < 1.29 is 0 Å². The number of nitrogens with zero attached hydrogens (tertiary/aromatic N) is 5. The Hall–Kier alpha value is -2.76. The molecule has 1 fully saturated rings. The van der Waals surface area contributed by atoms with Gasteiger partial charge in [0.05, 0.1) is 5.52 Å². The monoisotopic (exact) mass is 318 g/mol. The smallest absolute Gasteiger partial charge is 0.141 e. The van der Waals surface area contributed by atoms with E-state index in [0.717, 1.165) is 45.6 Å². The van der Waals surface area contributed by atoms with Gasteiger partial charge < -0.3 is 4.98 Å². The van der Waals surface area contributed by atoms with Crippen molar-refractivity contribution in [1.82, 2.24) is 29.9 Å². The fourth-order valence-electron chi connectivity index (χ4n) is 3.39. The molecule has 1 N–H and O–H groups in total. The highest BCUT2D eigenvalue weighted by Crippen LogP contribution is 2.36.